The van der Waals surface area contributed by atoms with Gasteiger partial charge in [0.1, 0.15) is 0 Å². The van der Waals surface area contributed by atoms with Crippen LogP contribution in [0.2, 0.25) is 0 Å². The van der Waals surface area contributed by atoms with Crippen LogP contribution in [0.4, 0.5) is 16.2 Å². The van der Waals surface area contributed by atoms with Crippen molar-refractivity contribution in [3.05, 3.63) is 24.3 Å². The minimum absolute atomic E-state index is 0.000218. The number of nitrogens with zero attached hydrogens (tertiary/aromatic N) is 1. The highest BCUT2D eigenvalue weighted by atomic mass is 16.2. The highest BCUT2D eigenvalue weighted by molar-refractivity contribution is 5.94. The van der Waals surface area contributed by atoms with Crippen molar-refractivity contribution < 1.29 is 4.79 Å². The van der Waals surface area contributed by atoms with Crippen LogP contribution in [0.1, 0.15) is 46.0 Å². The summed E-state index contributed by atoms with van der Waals surface area (Å²) in [5.74, 6) is 0. The van der Waals surface area contributed by atoms with Crippen molar-refractivity contribution in [1.29, 1.82) is 0 Å². The van der Waals surface area contributed by atoms with E-state index < -0.39 is 0 Å². The van der Waals surface area contributed by atoms with Crippen LogP contribution in [0, 0.1) is 0 Å². The van der Waals surface area contributed by atoms with Crippen molar-refractivity contribution >= 4 is 17.4 Å². The monoisotopic (exact) mass is 289 g/mol. The molecule has 1 aromatic rings. The van der Waals surface area contributed by atoms with Crippen molar-refractivity contribution in [3.8, 4) is 0 Å². The van der Waals surface area contributed by atoms with Crippen LogP contribution < -0.4 is 15.5 Å². The molecule has 21 heavy (non-hydrogen) atoms. The summed E-state index contributed by atoms with van der Waals surface area (Å²) in [5.41, 5.74) is 2.06. The summed E-state index contributed by atoms with van der Waals surface area (Å²) in [7, 11) is 0. The fourth-order valence-corrected chi connectivity index (χ4v) is 2.72. The number of carbonyl (C=O) groups is 1. The van der Waals surface area contributed by atoms with E-state index in [0.29, 0.717) is 6.04 Å². The minimum Gasteiger partial charge on any atom is -0.383 e. The Balaban J connectivity index is 1.87. The van der Waals surface area contributed by atoms with E-state index in [4.69, 9.17) is 0 Å². The fourth-order valence-electron chi connectivity index (χ4n) is 2.72. The van der Waals surface area contributed by atoms with Gasteiger partial charge >= 0.3 is 6.03 Å². The van der Waals surface area contributed by atoms with Crippen molar-refractivity contribution in [2.45, 2.75) is 52.0 Å². The molecule has 0 aromatic heterocycles. The Bertz CT molecular complexity index is 461. The first-order chi connectivity index (χ1) is 10.2. The molecule has 1 atom stereocenters. The summed E-state index contributed by atoms with van der Waals surface area (Å²) in [6.45, 7) is 5.93. The Morgan fingerprint density at radius 1 is 1.33 bits per heavy atom. The minimum atomic E-state index is -0.000218. The molecule has 0 spiro atoms. The predicted octanol–water partition coefficient (Wildman–Crippen LogP) is 3.99. The molecule has 2 amide bonds. The largest absolute Gasteiger partial charge is 0.383 e. The van der Waals surface area contributed by atoms with Gasteiger partial charge in [-0.3, -0.25) is 4.90 Å². The number of nitrogens with one attached hydrogen (secondary N) is 2. The second-order valence-corrected chi connectivity index (χ2v) is 5.83. The molecule has 1 aliphatic heterocycles. The van der Waals surface area contributed by atoms with Gasteiger partial charge in [0.2, 0.25) is 0 Å². The lowest BCUT2D eigenvalue weighted by atomic mass is 10.1. The molecule has 116 valence electrons. The van der Waals surface area contributed by atoms with Crippen molar-refractivity contribution in [2.75, 3.05) is 23.3 Å². The Hall–Kier alpha value is -1.71. The van der Waals surface area contributed by atoms with Crippen LogP contribution in [-0.2, 0) is 0 Å². The number of hydrogen-bond donors (Lipinski definition) is 2. The molecule has 1 saturated heterocycles. The van der Waals surface area contributed by atoms with Gasteiger partial charge < -0.3 is 10.6 Å². The van der Waals surface area contributed by atoms with Crippen LogP contribution >= 0.6 is 0 Å². The van der Waals surface area contributed by atoms with Gasteiger partial charge in [-0.25, -0.2) is 4.79 Å². The third-order valence-corrected chi connectivity index (χ3v) is 3.92. The van der Waals surface area contributed by atoms with Crippen molar-refractivity contribution in [1.82, 2.24) is 5.32 Å². The predicted molar refractivity (Wildman–Crippen MR) is 89.0 cm³/mol. The first-order valence-corrected chi connectivity index (χ1v) is 8.12. The quantitative estimate of drug-likeness (QED) is 0.711. The molecule has 0 aliphatic carbocycles. The summed E-state index contributed by atoms with van der Waals surface area (Å²) in [6, 6.07) is 8.59. The molecule has 1 fully saturated rings. The number of anilines is 2. The molecule has 1 aromatic carbocycles. The number of urea groups is 1. The van der Waals surface area contributed by atoms with E-state index in [1.165, 1.54) is 32.1 Å². The van der Waals surface area contributed by atoms with E-state index >= 15 is 0 Å². The zero-order valence-electron chi connectivity index (χ0n) is 13.2. The van der Waals surface area contributed by atoms with Gasteiger partial charge in [-0.15, -0.1) is 0 Å². The van der Waals surface area contributed by atoms with Gasteiger partial charge in [0.15, 0.2) is 0 Å². The first kappa shape index (κ1) is 15.7. The maximum atomic E-state index is 11.7. The maximum Gasteiger partial charge on any atom is 0.321 e. The lowest BCUT2D eigenvalue weighted by molar-refractivity contribution is 0.252. The van der Waals surface area contributed by atoms with Crippen LogP contribution in [0.5, 0.6) is 0 Å². The molecule has 4 heteroatoms. The summed E-state index contributed by atoms with van der Waals surface area (Å²) in [4.78, 5) is 13.5. The number of unbranched alkanes of at least 4 members (excludes halogenated alkanes) is 3. The Morgan fingerprint density at radius 2 is 2.19 bits per heavy atom. The van der Waals surface area contributed by atoms with Gasteiger partial charge in [0, 0.05) is 30.5 Å². The smallest absolute Gasteiger partial charge is 0.321 e. The van der Waals surface area contributed by atoms with Gasteiger partial charge in [-0.05, 0) is 31.5 Å². The molecule has 4 nitrogen and oxygen atoms in total. The molecule has 2 N–H and O–H groups in total. The highest BCUT2D eigenvalue weighted by Crippen LogP contribution is 2.22. The first-order valence-electron chi connectivity index (χ1n) is 8.12. The van der Waals surface area contributed by atoms with E-state index in [0.717, 1.165) is 24.5 Å². The fraction of sp³-hybridized carbons (Fsp3) is 0.588. The summed E-state index contributed by atoms with van der Waals surface area (Å²) in [6.07, 6.45) is 6.38. The SMILES string of the molecule is CCCCCCC(C)Nc1cccc(N2CCNC2=O)c1. The number of amides is 2. The normalized spacial score (nSPS) is 15.9. The molecule has 0 saturated carbocycles. The third-order valence-electron chi connectivity index (χ3n) is 3.92. The molecule has 0 bridgehead atoms. The lowest BCUT2D eigenvalue weighted by Gasteiger charge is -2.18. The number of carbonyl (C=O) groups excluding carboxylic acids is 1. The molecule has 1 unspecified atom stereocenters. The highest BCUT2D eigenvalue weighted by Gasteiger charge is 2.21. The summed E-state index contributed by atoms with van der Waals surface area (Å²) < 4.78 is 0. The van der Waals surface area contributed by atoms with E-state index in [1.54, 1.807) is 4.90 Å². The molecule has 0 radical (unpaired) electrons. The van der Waals surface area contributed by atoms with E-state index in [9.17, 15) is 4.79 Å². The Labute approximate surface area is 127 Å². The van der Waals surface area contributed by atoms with Crippen molar-refractivity contribution in [3.63, 3.8) is 0 Å². The molecular weight excluding hydrogens is 262 g/mol. The standard InChI is InChI=1S/C17H27N3O/c1-3-4-5-6-8-14(2)19-15-9-7-10-16(13-15)20-12-11-18-17(20)21/h7,9-10,13-14,19H,3-6,8,11-12H2,1-2H3,(H,18,21). The van der Waals surface area contributed by atoms with Gasteiger partial charge in [0.25, 0.3) is 0 Å². The van der Waals surface area contributed by atoms with Crippen LogP contribution in [0.25, 0.3) is 0 Å². The topological polar surface area (TPSA) is 44.4 Å². The second kappa shape index (κ2) is 7.91. The van der Waals surface area contributed by atoms with Gasteiger partial charge in [-0.1, -0.05) is 38.7 Å². The molecule has 2 rings (SSSR count). The maximum absolute atomic E-state index is 11.7. The third kappa shape index (κ3) is 4.66. The zero-order chi connectivity index (χ0) is 15.1. The van der Waals surface area contributed by atoms with E-state index in [-0.39, 0.29) is 6.03 Å². The summed E-state index contributed by atoms with van der Waals surface area (Å²) >= 11 is 0. The van der Waals surface area contributed by atoms with Crippen LogP contribution in [0.15, 0.2) is 24.3 Å². The van der Waals surface area contributed by atoms with Crippen LogP contribution in [-0.4, -0.2) is 25.2 Å². The zero-order valence-corrected chi connectivity index (χ0v) is 13.2. The number of hydrogen-bond acceptors (Lipinski definition) is 2. The van der Waals surface area contributed by atoms with Gasteiger partial charge in [-0.2, -0.15) is 0 Å². The Morgan fingerprint density at radius 3 is 2.90 bits per heavy atom. The molecular formula is C17H27N3O. The number of rotatable bonds is 8. The lowest BCUT2D eigenvalue weighted by Crippen LogP contribution is -2.27. The van der Waals surface area contributed by atoms with E-state index in [2.05, 4.69) is 36.6 Å². The van der Waals surface area contributed by atoms with Crippen LogP contribution in [0.3, 0.4) is 0 Å². The summed E-state index contributed by atoms with van der Waals surface area (Å²) in [5, 5.41) is 6.37. The van der Waals surface area contributed by atoms with Crippen molar-refractivity contribution in [2.24, 2.45) is 0 Å². The Kier molecular flexibility index (Phi) is 5.90. The van der Waals surface area contributed by atoms with E-state index in [1.807, 2.05) is 12.1 Å². The molecule has 1 heterocycles. The molecule has 1 aliphatic rings. The van der Waals surface area contributed by atoms with Gasteiger partial charge in [0.05, 0.1) is 0 Å². The average Bonchev–Trinajstić information content (AvgIpc) is 2.90. The number of benzene rings is 1. The second-order valence-electron chi connectivity index (χ2n) is 5.83. The average molecular weight is 289 g/mol.